The van der Waals surface area contributed by atoms with Gasteiger partial charge in [-0.3, -0.25) is 9.59 Å². The lowest BCUT2D eigenvalue weighted by Gasteiger charge is -2.34. The van der Waals surface area contributed by atoms with Gasteiger partial charge >= 0.3 is 6.09 Å². The molecular weight excluding hydrogens is 434 g/mol. The fourth-order valence-electron chi connectivity index (χ4n) is 5.76. The molecule has 3 aliphatic rings. The summed E-state index contributed by atoms with van der Waals surface area (Å²) in [6.07, 6.45) is 8.33. The summed E-state index contributed by atoms with van der Waals surface area (Å²) in [7, 11) is 0. The molecular formula is C26H43N3O5. The zero-order chi connectivity index (χ0) is 25.1. The van der Waals surface area contributed by atoms with Crippen molar-refractivity contribution in [2.24, 2.45) is 17.3 Å². The van der Waals surface area contributed by atoms with Crippen molar-refractivity contribution < 1.29 is 23.9 Å². The van der Waals surface area contributed by atoms with Crippen molar-refractivity contribution in [3.63, 3.8) is 0 Å². The van der Waals surface area contributed by atoms with Crippen LogP contribution in [0.1, 0.15) is 92.4 Å². The zero-order valence-corrected chi connectivity index (χ0v) is 21.5. The van der Waals surface area contributed by atoms with Crippen LogP contribution in [0.2, 0.25) is 0 Å². The molecule has 3 amide bonds. The maximum absolute atomic E-state index is 13.7. The highest BCUT2D eigenvalue weighted by Gasteiger charge is 2.69. The molecule has 0 aromatic rings. The van der Waals surface area contributed by atoms with Crippen molar-refractivity contribution in [1.82, 2.24) is 15.5 Å². The molecule has 192 valence electrons. The van der Waals surface area contributed by atoms with Gasteiger partial charge in [-0.1, -0.05) is 58.8 Å². The summed E-state index contributed by atoms with van der Waals surface area (Å²) in [5.41, 5.74) is -0.693. The molecule has 2 heterocycles. The minimum atomic E-state index is -0.736. The number of hydrogen-bond donors (Lipinski definition) is 2. The summed E-state index contributed by atoms with van der Waals surface area (Å²) >= 11 is 0. The van der Waals surface area contributed by atoms with E-state index in [-0.39, 0.29) is 29.1 Å². The second kappa shape index (κ2) is 10.6. The third-order valence-corrected chi connectivity index (χ3v) is 7.75. The molecule has 0 bridgehead atoms. The second-order valence-electron chi connectivity index (χ2n) is 11.9. The molecule has 2 aliphatic heterocycles. The number of alkyl carbamates (subject to hydrolysis) is 1. The fourth-order valence-corrected chi connectivity index (χ4v) is 5.76. The van der Waals surface area contributed by atoms with Crippen molar-refractivity contribution in [3.8, 4) is 0 Å². The Labute approximate surface area is 203 Å². The molecule has 8 nitrogen and oxygen atoms in total. The molecule has 2 N–H and O–H groups in total. The summed E-state index contributed by atoms with van der Waals surface area (Å²) in [5, 5.41) is 5.69. The molecule has 3 fully saturated rings. The van der Waals surface area contributed by atoms with Crippen LogP contribution in [0.5, 0.6) is 0 Å². The molecule has 0 unspecified atom stereocenters. The maximum Gasteiger partial charge on any atom is 0.408 e. The van der Waals surface area contributed by atoms with E-state index in [4.69, 9.17) is 4.74 Å². The van der Waals surface area contributed by atoms with E-state index >= 15 is 0 Å². The highest BCUT2D eigenvalue weighted by molar-refractivity contribution is 5.93. The van der Waals surface area contributed by atoms with Crippen molar-refractivity contribution in [3.05, 3.63) is 0 Å². The van der Waals surface area contributed by atoms with E-state index < -0.39 is 29.8 Å². The lowest BCUT2D eigenvalue weighted by molar-refractivity contribution is -0.142. The van der Waals surface area contributed by atoms with E-state index in [0.29, 0.717) is 19.4 Å². The van der Waals surface area contributed by atoms with E-state index in [9.17, 15) is 19.2 Å². The molecule has 0 spiro atoms. The Hall–Kier alpha value is -2.12. The molecule has 0 aromatic heterocycles. The van der Waals surface area contributed by atoms with E-state index in [2.05, 4.69) is 24.5 Å². The van der Waals surface area contributed by atoms with Gasteiger partial charge in [0.05, 0.1) is 6.04 Å². The Morgan fingerprint density at radius 3 is 2.24 bits per heavy atom. The molecule has 0 radical (unpaired) electrons. The van der Waals surface area contributed by atoms with Crippen molar-refractivity contribution in [2.75, 3.05) is 6.54 Å². The van der Waals surface area contributed by atoms with Gasteiger partial charge in [-0.25, -0.2) is 4.79 Å². The number of rotatable bonds is 2. The van der Waals surface area contributed by atoms with Gasteiger partial charge in [0.1, 0.15) is 24.0 Å². The lowest BCUT2D eigenvalue weighted by Crippen LogP contribution is -2.57. The third-order valence-electron chi connectivity index (χ3n) is 7.75. The average molecular weight is 478 g/mol. The second-order valence-corrected chi connectivity index (χ2v) is 11.9. The first-order valence-electron chi connectivity index (χ1n) is 13.0. The zero-order valence-electron chi connectivity index (χ0n) is 21.5. The van der Waals surface area contributed by atoms with Gasteiger partial charge in [0.2, 0.25) is 11.8 Å². The Morgan fingerprint density at radius 2 is 1.65 bits per heavy atom. The molecule has 34 heavy (non-hydrogen) atoms. The largest absolute Gasteiger partial charge is 0.444 e. The number of nitrogens with one attached hydrogen (secondary N) is 2. The number of aldehydes is 1. The van der Waals surface area contributed by atoms with Crippen LogP contribution in [0.15, 0.2) is 0 Å². The van der Waals surface area contributed by atoms with Gasteiger partial charge in [-0.05, 0) is 50.9 Å². The van der Waals surface area contributed by atoms with Gasteiger partial charge in [-0.15, -0.1) is 0 Å². The van der Waals surface area contributed by atoms with Crippen molar-refractivity contribution in [1.29, 1.82) is 0 Å². The smallest absolute Gasteiger partial charge is 0.408 e. The van der Waals surface area contributed by atoms with Crippen LogP contribution < -0.4 is 10.6 Å². The standard InChI is InChI=1S/C26H43N3O5/c1-25(2,3)34-24(33)28-19-14-12-10-8-6-7-9-11-13-17(16-30)27-22(31)21-20-18(26(20,4)5)15-29(21)23(19)32/h16-21H,6-15H2,1-5H3,(H,27,31)(H,28,33)/t17-,18-,19-,20-,21-/m0/s1. The minimum Gasteiger partial charge on any atom is -0.444 e. The Bertz CT molecular complexity index is 775. The number of carbonyl (C=O) groups is 4. The number of ether oxygens (including phenoxy) is 1. The average Bonchev–Trinajstić information content (AvgIpc) is 3.08. The number of nitrogens with zero attached hydrogens (tertiary/aromatic N) is 1. The van der Waals surface area contributed by atoms with Crippen molar-refractivity contribution >= 4 is 24.2 Å². The quantitative estimate of drug-likeness (QED) is 0.592. The summed E-state index contributed by atoms with van der Waals surface area (Å²) in [6.45, 7) is 10.1. The van der Waals surface area contributed by atoms with Crippen LogP contribution in [-0.4, -0.2) is 59.4 Å². The Morgan fingerprint density at radius 1 is 1.06 bits per heavy atom. The molecule has 0 aromatic carbocycles. The normalized spacial score (nSPS) is 32.7. The number of fused-ring (bicyclic) bond motifs is 3. The first kappa shape index (κ1) is 26.5. The molecule has 2 saturated heterocycles. The highest BCUT2D eigenvalue weighted by atomic mass is 16.6. The Balaban J connectivity index is 1.81. The first-order valence-corrected chi connectivity index (χ1v) is 13.0. The van der Waals surface area contributed by atoms with Gasteiger partial charge < -0.3 is 25.1 Å². The first-order chi connectivity index (χ1) is 16.0. The van der Waals surface area contributed by atoms with Gasteiger partial charge in [0, 0.05) is 6.54 Å². The topological polar surface area (TPSA) is 105 Å². The highest BCUT2D eigenvalue weighted by Crippen LogP contribution is 2.64. The molecule has 8 heteroatoms. The van der Waals surface area contributed by atoms with Gasteiger partial charge in [0.25, 0.3) is 0 Å². The van der Waals surface area contributed by atoms with Crippen LogP contribution in [0, 0.1) is 17.3 Å². The van der Waals surface area contributed by atoms with Crippen LogP contribution in [0.25, 0.3) is 0 Å². The lowest BCUT2D eigenvalue weighted by atomic mass is 9.97. The molecule has 3 rings (SSSR count). The van der Waals surface area contributed by atoms with E-state index in [1.807, 2.05) is 0 Å². The number of amides is 3. The molecule has 5 atom stereocenters. The summed E-state index contributed by atoms with van der Waals surface area (Å²) < 4.78 is 5.41. The van der Waals surface area contributed by atoms with Crippen LogP contribution in [0.3, 0.4) is 0 Å². The minimum absolute atomic E-state index is 0.0234. The van der Waals surface area contributed by atoms with Crippen LogP contribution in [0.4, 0.5) is 4.79 Å². The summed E-state index contributed by atoms with van der Waals surface area (Å²) in [6, 6.07) is -1.89. The molecule has 1 saturated carbocycles. The number of piperidine rings is 1. The van der Waals surface area contributed by atoms with E-state index in [1.165, 1.54) is 0 Å². The predicted molar refractivity (Wildman–Crippen MR) is 129 cm³/mol. The van der Waals surface area contributed by atoms with E-state index in [0.717, 1.165) is 51.2 Å². The Kier molecular flexibility index (Phi) is 8.30. The SMILES string of the molecule is CC(C)(C)OC(=O)N[C@H]1CCCCCCCCC[C@@H](C=O)NC(=O)[C@@H]2[C@@H]3[C@H](CN2C1=O)C3(C)C. The maximum atomic E-state index is 13.7. The third kappa shape index (κ3) is 6.30. The number of carbonyl (C=O) groups excluding carboxylic acids is 4. The van der Waals surface area contributed by atoms with Gasteiger partial charge in [-0.2, -0.15) is 0 Å². The van der Waals surface area contributed by atoms with Crippen LogP contribution in [-0.2, 0) is 19.1 Å². The fraction of sp³-hybridized carbons (Fsp3) is 0.846. The van der Waals surface area contributed by atoms with Crippen LogP contribution >= 0.6 is 0 Å². The summed E-state index contributed by atoms with van der Waals surface area (Å²) in [4.78, 5) is 52.9. The van der Waals surface area contributed by atoms with Gasteiger partial charge in [0.15, 0.2) is 0 Å². The molecule has 1 aliphatic carbocycles. The van der Waals surface area contributed by atoms with Crippen molar-refractivity contribution in [2.45, 2.75) is 116 Å². The monoisotopic (exact) mass is 477 g/mol. The predicted octanol–water partition coefficient (Wildman–Crippen LogP) is 3.57. The number of hydrogen-bond acceptors (Lipinski definition) is 5. The summed E-state index contributed by atoms with van der Waals surface area (Å²) in [5.74, 6) is -0.189. The van der Waals surface area contributed by atoms with E-state index in [1.54, 1.807) is 25.7 Å².